The van der Waals surface area contributed by atoms with Crippen LogP contribution in [0.4, 0.5) is 19.0 Å². The molecule has 0 amide bonds. The monoisotopic (exact) mass is 278 g/mol. The molecule has 0 N–H and O–H groups in total. The van der Waals surface area contributed by atoms with E-state index in [1.807, 2.05) is 6.07 Å². The summed E-state index contributed by atoms with van der Waals surface area (Å²) >= 11 is 5.48. The average Bonchev–Trinajstić information content (AvgIpc) is 2.28. The first-order valence-corrected chi connectivity index (χ1v) is 5.50. The second-order valence-electron chi connectivity index (χ2n) is 3.37. The van der Waals surface area contributed by atoms with Gasteiger partial charge in [0.2, 0.25) is 5.28 Å². The first-order valence-electron chi connectivity index (χ1n) is 5.12. The molecule has 0 bridgehead atoms. The summed E-state index contributed by atoms with van der Waals surface area (Å²) in [5.74, 6) is 0.0695. The minimum Gasteiger partial charge on any atom is -0.356 e. The van der Waals surface area contributed by atoms with Crippen LogP contribution in [0.3, 0.4) is 0 Å². The van der Waals surface area contributed by atoms with Crippen LogP contribution in [0.5, 0.6) is 0 Å². The molecule has 4 nitrogen and oxygen atoms in total. The van der Waals surface area contributed by atoms with E-state index in [-0.39, 0.29) is 18.8 Å². The second-order valence-corrected chi connectivity index (χ2v) is 3.70. The molecule has 0 aromatic carbocycles. The van der Waals surface area contributed by atoms with E-state index in [1.54, 1.807) is 6.92 Å². The van der Waals surface area contributed by atoms with Gasteiger partial charge in [-0.25, -0.2) is 9.97 Å². The summed E-state index contributed by atoms with van der Waals surface area (Å²) in [6, 6.07) is 2.75. The highest BCUT2D eigenvalue weighted by Crippen LogP contribution is 2.30. The highest BCUT2D eigenvalue weighted by Gasteiger charge is 2.34. The molecule has 1 heterocycles. The molecule has 1 rings (SSSR count). The van der Waals surface area contributed by atoms with Gasteiger partial charge in [-0.15, -0.1) is 0 Å². The van der Waals surface area contributed by atoms with Crippen LogP contribution in [0.15, 0.2) is 6.07 Å². The Hall–Kier alpha value is -1.55. The standard InChI is InChI=1S/C10H10ClF3N4/c1-2-18(5-3-4-15)8-6-7(10(12,13)14)16-9(11)17-8/h6H,2-3,5H2,1H3. The molecule has 0 spiro atoms. The van der Waals surface area contributed by atoms with E-state index in [9.17, 15) is 13.2 Å². The van der Waals surface area contributed by atoms with Gasteiger partial charge in [-0.2, -0.15) is 18.4 Å². The summed E-state index contributed by atoms with van der Waals surface area (Å²) in [7, 11) is 0. The Labute approximate surface area is 107 Å². The average molecular weight is 279 g/mol. The maximum absolute atomic E-state index is 12.5. The Kier molecular flexibility index (Phi) is 4.73. The van der Waals surface area contributed by atoms with Gasteiger partial charge in [-0.05, 0) is 18.5 Å². The van der Waals surface area contributed by atoms with E-state index >= 15 is 0 Å². The molecule has 0 atom stereocenters. The first-order chi connectivity index (χ1) is 8.38. The lowest BCUT2D eigenvalue weighted by Gasteiger charge is -2.21. The Morgan fingerprint density at radius 2 is 2.11 bits per heavy atom. The molecule has 0 radical (unpaired) electrons. The summed E-state index contributed by atoms with van der Waals surface area (Å²) in [5, 5.41) is 8.02. The minimum atomic E-state index is -4.57. The summed E-state index contributed by atoms with van der Waals surface area (Å²) in [6.07, 6.45) is -4.38. The minimum absolute atomic E-state index is 0.0695. The molecule has 98 valence electrons. The van der Waals surface area contributed by atoms with Gasteiger partial charge in [-0.3, -0.25) is 0 Å². The molecular formula is C10H10ClF3N4. The predicted molar refractivity (Wildman–Crippen MR) is 60.2 cm³/mol. The Balaban J connectivity index is 3.08. The molecule has 0 saturated heterocycles. The molecular weight excluding hydrogens is 269 g/mol. The second kappa shape index (κ2) is 5.87. The third-order valence-electron chi connectivity index (χ3n) is 2.18. The third-order valence-corrected chi connectivity index (χ3v) is 2.34. The van der Waals surface area contributed by atoms with Crippen LogP contribution < -0.4 is 4.90 Å². The van der Waals surface area contributed by atoms with Crippen molar-refractivity contribution in [1.29, 1.82) is 5.26 Å². The third kappa shape index (κ3) is 3.74. The zero-order valence-electron chi connectivity index (χ0n) is 9.50. The molecule has 0 fully saturated rings. The molecule has 0 aliphatic heterocycles. The van der Waals surface area contributed by atoms with Crippen molar-refractivity contribution in [3.63, 3.8) is 0 Å². The van der Waals surface area contributed by atoms with Gasteiger partial charge in [0.15, 0.2) is 5.69 Å². The van der Waals surface area contributed by atoms with Crippen LogP contribution in [0.25, 0.3) is 0 Å². The first kappa shape index (κ1) is 14.5. The van der Waals surface area contributed by atoms with Gasteiger partial charge in [0.05, 0.1) is 12.5 Å². The molecule has 0 saturated carbocycles. The number of hydrogen-bond acceptors (Lipinski definition) is 4. The number of halogens is 4. The number of aromatic nitrogens is 2. The fourth-order valence-corrected chi connectivity index (χ4v) is 1.51. The van der Waals surface area contributed by atoms with Crippen LogP contribution in [0, 0.1) is 11.3 Å². The Morgan fingerprint density at radius 1 is 1.44 bits per heavy atom. The van der Waals surface area contributed by atoms with Gasteiger partial charge in [-0.1, -0.05) is 0 Å². The maximum atomic E-state index is 12.5. The normalized spacial score (nSPS) is 11.1. The molecule has 0 aliphatic rings. The van der Waals surface area contributed by atoms with E-state index in [1.165, 1.54) is 4.90 Å². The van der Waals surface area contributed by atoms with Gasteiger partial charge in [0.25, 0.3) is 0 Å². The highest BCUT2D eigenvalue weighted by molar-refractivity contribution is 6.28. The van der Waals surface area contributed by atoms with Gasteiger partial charge >= 0.3 is 6.18 Å². The van der Waals surface area contributed by atoms with Crippen molar-refractivity contribution in [2.24, 2.45) is 0 Å². The van der Waals surface area contributed by atoms with Crippen LogP contribution in [0.1, 0.15) is 19.0 Å². The van der Waals surface area contributed by atoms with Crippen molar-refractivity contribution in [2.75, 3.05) is 18.0 Å². The van der Waals surface area contributed by atoms with Crippen molar-refractivity contribution < 1.29 is 13.2 Å². The molecule has 18 heavy (non-hydrogen) atoms. The topological polar surface area (TPSA) is 52.8 Å². The van der Waals surface area contributed by atoms with Crippen LogP contribution in [-0.2, 0) is 6.18 Å². The predicted octanol–water partition coefficient (Wildman–Crippen LogP) is 2.89. The van der Waals surface area contributed by atoms with Crippen LogP contribution >= 0.6 is 11.6 Å². The summed E-state index contributed by atoms with van der Waals surface area (Å²) in [5.41, 5.74) is -1.09. The van der Waals surface area contributed by atoms with Crippen molar-refractivity contribution >= 4 is 17.4 Å². The number of rotatable bonds is 4. The molecule has 1 aromatic heterocycles. The van der Waals surface area contributed by atoms with Crippen molar-refractivity contribution in [3.05, 3.63) is 17.0 Å². The summed E-state index contributed by atoms with van der Waals surface area (Å²) < 4.78 is 37.6. The quantitative estimate of drug-likeness (QED) is 0.795. The number of nitriles is 1. The highest BCUT2D eigenvalue weighted by atomic mass is 35.5. The van der Waals surface area contributed by atoms with Crippen molar-refractivity contribution in [1.82, 2.24) is 9.97 Å². The maximum Gasteiger partial charge on any atom is 0.433 e. The summed E-state index contributed by atoms with van der Waals surface area (Å²) in [4.78, 5) is 8.42. The van der Waals surface area contributed by atoms with Gasteiger partial charge < -0.3 is 4.90 Å². The number of hydrogen-bond donors (Lipinski definition) is 0. The van der Waals surface area contributed by atoms with Gasteiger partial charge in [0, 0.05) is 19.2 Å². The van der Waals surface area contributed by atoms with Crippen LogP contribution in [-0.4, -0.2) is 23.1 Å². The van der Waals surface area contributed by atoms with E-state index in [2.05, 4.69) is 9.97 Å². The van der Waals surface area contributed by atoms with Gasteiger partial charge in [0.1, 0.15) is 5.82 Å². The molecule has 0 unspecified atom stereocenters. The zero-order chi connectivity index (χ0) is 13.8. The molecule has 8 heteroatoms. The van der Waals surface area contributed by atoms with E-state index < -0.39 is 17.2 Å². The lowest BCUT2D eigenvalue weighted by Crippen LogP contribution is -2.25. The Bertz CT molecular complexity index is 455. The molecule has 1 aromatic rings. The Morgan fingerprint density at radius 3 is 2.61 bits per heavy atom. The summed E-state index contributed by atoms with van der Waals surface area (Å²) in [6.45, 7) is 2.46. The van der Waals surface area contributed by atoms with Crippen molar-refractivity contribution in [3.8, 4) is 6.07 Å². The van der Waals surface area contributed by atoms with Crippen LogP contribution in [0.2, 0.25) is 5.28 Å². The lowest BCUT2D eigenvalue weighted by atomic mass is 10.3. The smallest absolute Gasteiger partial charge is 0.356 e. The fourth-order valence-electron chi connectivity index (χ4n) is 1.33. The zero-order valence-corrected chi connectivity index (χ0v) is 10.3. The number of alkyl halides is 3. The van der Waals surface area contributed by atoms with Crippen molar-refractivity contribution in [2.45, 2.75) is 19.5 Å². The molecule has 0 aliphatic carbocycles. The van der Waals surface area contributed by atoms with E-state index in [4.69, 9.17) is 16.9 Å². The SMILES string of the molecule is CCN(CCC#N)c1cc(C(F)(F)F)nc(Cl)n1. The number of anilines is 1. The lowest BCUT2D eigenvalue weighted by molar-refractivity contribution is -0.141. The largest absolute Gasteiger partial charge is 0.433 e. The fraction of sp³-hybridized carbons (Fsp3) is 0.500. The van der Waals surface area contributed by atoms with E-state index in [0.717, 1.165) is 6.07 Å². The number of nitrogens with zero attached hydrogens (tertiary/aromatic N) is 4. The van der Waals surface area contributed by atoms with E-state index in [0.29, 0.717) is 6.54 Å².